The fraction of sp³-hybridized carbons (Fsp3) is 0.111. The fourth-order valence-corrected chi connectivity index (χ4v) is 3.12. The van der Waals surface area contributed by atoms with Gasteiger partial charge in [0.05, 0.1) is 6.20 Å². The Morgan fingerprint density at radius 3 is 3.04 bits per heavy atom. The molecule has 4 rings (SSSR count). The summed E-state index contributed by atoms with van der Waals surface area (Å²) in [6.07, 6.45) is 6.62. The molecule has 0 saturated heterocycles. The van der Waals surface area contributed by atoms with Crippen LogP contribution in [-0.2, 0) is 5.60 Å². The maximum Gasteiger partial charge on any atom is 0.181 e. The summed E-state index contributed by atoms with van der Waals surface area (Å²) in [5, 5.41) is 13.9. The maximum atomic E-state index is 10.5. The molecule has 1 atom stereocenters. The van der Waals surface area contributed by atoms with E-state index in [9.17, 15) is 5.11 Å². The molecule has 0 spiro atoms. The molecule has 118 valence electrons. The van der Waals surface area contributed by atoms with Gasteiger partial charge in [0.15, 0.2) is 17.8 Å². The van der Waals surface area contributed by atoms with Crippen LogP contribution < -0.4 is 0 Å². The quantitative estimate of drug-likeness (QED) is 0.550. The van der Waals surface area contributed by atoms with Gasteiger partial charge in [-0.25, -0.2) is 9.97 Å². The zero-order valence-corrected chi connectivity index (χ0v) is 13.6. The van der Waals surface area contributed by atoms with E-state index in [1.54, 1.807) is 19.3 Å². The van der Waals surface area contributed by atoms with Gasteiger partial charge < -0.3 is 14.5 Å². The molecular formula is C18H13N3O2S. The minimum absolute atomic E-state index is 0.583. The summed E-state index contributed by atoms with van der Waals surface area (Å²) in [6.45, 7) is 1.65. The molecule has 0 fully saturated rings. The number of aromatic amines is 1. The lowest BCUT2D eigenvalue weighted by molar-refractivity contribution is 0.122. The van der Waals surface area contributed by atoms with Gasteiger partial charge in [-0.2, -0.15) is 0 Å². The van der Waals surface area contributed by atoms with E-state index in [-0.39, 0.29) is 0 Å². The number of fused-ring (bicyclic) bond motifs is 1. The van der Waals surface area contributed by atoms with Crippen molar-refractivity contribution in [1.29, 1.82) is 0 Å². The second-order valence-corrected chi connectivity index (χ2v) is 6.38. The number of nitrogens with zero attached hydrogens (tertiary/aromatic N) is 2. The second kappa shape index (κ2) is 5.64. The Morgan fingerprint density at radius 1 is 1.38 bits per heavy atom. The number of benzene rings is 1. The van der Waals surface area contributed by atoms with Gasteiger partial charge in [0.1, 0.15) is 5.01 Å². The Bertz CT molecular complexity index is 1040. The molecule has 4 aromatic rings. The van der Waals surface area contributed by atoms with Gasteiger partial charge in [-0.15, -0.1) is 11.3 Å². The first-order chi connectivity index (χ1) is 11.6. The number of nitrogens with one attached hydrogen (secondary N) is 1. The van der Waals surface area contributed by atoms with Crippen LogP contribution in [0.15, 0.2) is 53.0 Å². The number of hydrogen-bond acceptors (Lipinski definition) is 5. The first-order valence-electron chi connectivity index (χ1n) is 7.29. The van der Waals surface area contributed by atoms with Crippen molar-refractivity contribution in [2.24, 2.45) is 0 Å². The van der Waals surface area contributed by atoms with E-state index >= 15 is 0 Å². The first kappa shape index (κ1) is 14.7. The zero-order chi connectivity index (χ0) is 16.6. The third kappa shape index (κ3) is 2.60. The zero-order valence-electron chi connectivity index (χ0n) is 12.8. The average molecular weight is 335 g/mol. The summed E-state index contributed by atoms with van der Waals surface area (Å²) in [5.74, 6) is 6.63. The van der Waals surface area contributed by atoms with Crippen LogP contribution in [-0.4, -0.2) is 20.1 Å². The SMILES string of the molecule is CC(O)(C#Cc1ccc2[nH]cc(-c3cnco3)c2c1)c1nccs1. The van der Waals surface area contributed by atoms with Crippen LogP contribution in [0.3, 0.4) is 0 Å². The van der Waals surface area contributed by atoms with E-state index in [1.165, 1.54) is 17.7 Å². The van der Waals surface area contributed by atoms with Crippen LogP contribution in [0, 0.1) is 11.8 Å². The van der Waals surface area contributed by atoms with Crippen molar-refractivity contribution < 1.29 is 9.52 Å². The number of thiazole rings is 1. The van der Waals surface area contributed by atoms with Crippen LogP contribution in [0.2, 0.25) is 0 Å². The van der Waals surface area contributed by atoms with E-state index < -0.39 is 5.60 Å². The molecule has 5 nitrogen and oxygen atoms in total. The predicted molar refractivity (Wildman–Crippen MR) is 92.4 cm³/mol. The summed E-state index contributed by atoms with van der Waals surface area (Å²) in [7, 11) is 0. The first-order valence-corrected chi connectivity index (χ1v) is 8.17. The number of aliphatic hydroxyl groups is 1. The molecule has 2 N–H and O–H groups in total. The molecular weight excluding hydrogens is 322 g/mol. The lowest BCUT2D eigenvalue weighted by atomic mass is 10.1. The molecule has 3 heterocycles. The number of oxazole rings is 1. The van der Waals surface area contributed by atoms with Crippen molar-refractivity contribution in [3.05, 3.63) is 59.1 Å². The molecule has 24 heavy (non-hydrogen) atoms. The molecule has 0 amide bonds. The van der Waals surface area contributed by atoms with Gasteiger partial charge in [-0.1, -0.05) is 11.8 Å². The summed E-state index contributed by atoms with van der Waals surface area (Å²) >= 11 is 1.38. The topological polar surface area (TPSA) is 74.9 Å². The highest BCUT2D eigenvalue weighted by molar-refractivity contribution is 7.09. The van der Waals surface area contributed by atoms with E-state index in [0.29, 0.717) is 10.8 Å². The third-order valence-electron chi connectivity index (χ3n) is 3.68. The molecule has 0 aliphatic carbocycles. The van der Waals surface area contributed by atoms with Gasteiger partial charge in [-0.05, 0) is 25.1 Å². The van der Waals surface area contributed by atoms with Crippen LogP contribution in [0.1, 0.15) is 17.5 Å². The van der Waals surface area contributed by atoms with Crippen LogP contribution in [0.25, 0.3) is 22.2 Å². The average Bonchev–Trinajstić information content (AvgIpc) is 3.32. The predicted octanol–water partition coefficient (Wildman–Crippen LogP) is 3.54. The lowest BCUT2D eigenvalue weighted by Gasteiger charge is -2.11. The summed E-state index contributed by atoms with van der Waals surface area (Å²) in [5.41, 5.74) is 1.45. The molecule has 1 aromatic carbocycles. The lowest BCUT2D eigenvalue weighted by Crippen LogP contribution is -2.17. The van der Waals surface area contributed by atoms with Crippen LogP contribution in [0.4, 0.5) is 0 Å². The number of hydrogen-bond donors (Lipinski definition) is 2. The molecule has 0 bridgehead atoms. The Morgan fingerprint density at radius 2 is 2.29 bits per heavy atom. The molecule has 1 unspecified atom stereocenters. The summed E-state index contributed by atoms with van der Waals surface area (Å²) < 4.78 is 5.38. The third-order valence-corrected chi connectivity index (χ3v) is 4.66. The smallest absolute Gasteiger partial charge is 0.181 e. The number of rotatable bonds is 2. The normalized spacial score (nSPS) is 13.4. The standard InChI is InChI=1S/C18H13N3O2S/c1-18(22,17-20-6-7-24-17)5-4-12-2-3-15-13(8-12)14(9-21-15)16-10-19-11-23-16/h2-3,6-11,21-22H,1H3. The maximum absolute atomic E-state index is 10.5. The monoisotopic (exact) mass is 335 g/mol. The minimum Gasteiger partial charge on any atom is -0.443 e. The largest absolute Gasteiger partial charge is 0.443 e. The molecule has 0 aliphatic heterocycles. The van der Waals surface area contributed by atoms with Crippen LogP contribution >= 0.6 is 11.3 Å². The van der Waals surface area contributed by atoms with Crippen LogP contribution in [0.5, 0.6) is 0 Å². The Balaban J connectivity index is 1.74. The summed E-state index contributed by atoms with van der Waals surface area (Å²) in [4.78, 5) is 11.3. The van der Waals surface area contributed by atoms with Crippen molar-refractivity contribution in [3.8, 4) is 23.2 Å². The highest BCUT2D eigenvalue weighted by atomic mass is 32.1. The molecule has 6 heteroatoms. The number of H-pyrrole nitrogens is 1. The number of aromatic nitrogens is 3. The fourth-order valence-electron chi connectivity index (χ4n) is 2.46. The molecule has 0 radical (unpaired) electrons. The van der Waals surface area contributed by atoms with Crippen molar-refractivity contribution in [2.45, 2.75) is 12.5 Å². The second-order valence-electron chi connectivity index (χ2n) is 5.49. The Labute approximate surface area is 142 Å². The highest BCUT2D eigenvalue weighted by Gasteiger charge is 2.22. The van der Waals surface area contributed by atoms with Gasteiger partial charge in [-0.3, -0.25) is 0 Å². The minimum atomic E-state index is -1.27. The Hall–Kier alpha value is -2.88. The summed E-state index contributed by atoms with van der Waals surface area (Å²) in [6, 6.07) is 5.83. The molecule has 0 aliphatic rings. The van der Waals surface area contributed by atoms with Crippen molar-refractivity contribution >= 4 is 22.2 Å². The van der Waals surface area contributed by atoms with Gasteiger partial charge in [0, 0.05) is 39.8 Å². The highest BCUT2D eigenvalue weighted by Crippen LogP contribution is 2.29. The van der Waals surface area contributed by atoms with Gasteiger partial charge in [0.2, 0.25) is 0 Å². The van der Waals surface area contributed by atoms with Crippen molar-refractivity contribution in [3.63, 3.8) is 0 Å². The van der Waals surface area contributed by atoms with E-state index in [1.807, 2.05) is 29.8 Å². The van der Waals surface area contributed by atoms with Crippen molar-refractivity contribution in [2.75, 3.05) is 0 Å². The molecule has 3 aromatic heterocycles. The van der Waals surface area contributed by atoms with E-state index in [2.05, 4.69) is 26.8 Å². The molecule has 0 saturated carbocycles. The Kier molecular flexibility index (Phi) is 3.45. The van der Waals surface area contributed by atoms with E-state index in [0.717, 1.165) is 22.0 Å². The van der Waals surface area contributed by atoms with Gasteiger partial charge in [0.25, 0.3) is 0 Å². The van der Waals surface area contributed by atoms with E-state index in [4.69, 9.17) is 4.42 Å². The van der Waals surface area contributed by atoms with Gasteiger partial charge >= 0.3 is 0 Å². The van der Waals surface area contributed by atoms with Crippen molar-refractivity contribution in [1.82, 2.24) is 15.0 Å².